The summed E-state index contributed by atoms with van der Waals surface area (Å²) in [6.07, 6.45) is 0. The number of rotatable bonds is 11. The maximum Gasteiger partial charge on any atom is 0.207 e. The first-order chi connectivity index (χ1) is 18.9. The highest BCUT2D eigenvalue weighted by molar-refractivity contribution is 14.2. The van der Waals surface area contributed by atoms with Gasteiger partial charge in [-0.3, -0.25) is 14.1 Å². The molecule has 1 unspecified atom stereocenters. The van der Waals surface area contributed by atoms with E-state index in [-0.39, 0.29) is 30.6 Å². The molecule has 3 aromatic carbocycles. The third-order valence-electron chi connectivity index (χ3n) is 6.67. The normalized spacial score (nSPS) is 14.2. The first-order valence-electron chi connectivity index (χ1n) is 12.5. The Morgan fingerprint density at radius 1 is 1.05 bits per heavy atom. The van der Waals surface area contributed by atoms with Crippen LogP contribution >= 0.6 is 39.8 Å². The van der Waals surface area contributed by atoms with Crippen molar-refractivity contribution in [1.29, 1.82) is 0 Å². The van der Waals surface area contributed by atoms with Gasteiger partial charge in [0.25, 0.3) is 0 Å². The molecule has 1 aromatic heterocycles. The van der Waals surface area contributed by atoms with E-state index in [4.69, 9.17) is 14.0 Å². The van der Waals surface area contributed by atoms with Crippen molar-refractivity contribution < 1.29 is 27.6 Å². The van der Waals surface area contributed by atoms with Crippen molar-refractivity contribution in [2.45, 2.75) is 13.8 Å². The molecule has 0 aliphatic carbocycles. The molecule has 2 heterocycles. The maximum atomic E-state index is 14.0. The molecule has 39 heavy (non-hydrogen) atoms. The molecule has 0 spiro atoms. The van der Waals surface area contributed by atoms with Gasteiger partial charge < -0.3 is 14.0 Å². The van der Waals surface area contributed by atoms with Gasteiger partial charge in [0.1, 0.15) is 41.0 Å². The molecule has 1 atom stereocenters. The predicted molar refractivity (Wildman–Crippen MR) is 162 cm³/mol. The Bertz CT molecular complexity index is 1470. The Hall–Kier alpha value is -2.33. The minimum atomic E-state index is -0.369. The SMILES string of the molecule is Cc1cc(F)cc(C)c1C(=O)c1sc2cc(OPI)ccc2c1Oc1ccc(OCCN2CC(CF)C2)cc1. The number of halogens is 3. The van der Waals surface area contributed by atoms with Crippen LogP contribution in [0, 0.1) is 25.6 Å². The van der Waals surface area contributed by atoms with Crippen molar-refractivity contribution in [1.82, 2.24) is 4.90 Å². The molecular weight excluding hydrogens is 654 g/mol. The number of aryl methyl sites for hydroxylation is 2. The number of ether oxygens (including phenoxy) is 2. The molecule has 0 radical (unpaired) electrons. The molecule has 0 amide bonds. The fraction of sp³-hybridized carbons (Fsp3) is 0.276. The third-order valence-corrected chi connectivity index (χ3v) is 8.78. The van der Waals surface area contributed by atoms with Gasteiger partial charge in [0.2, 0.25) is 5.78 Å². The first kappa shape index (κ1) is 28.2. The van der Waals surface area contributed by atoms with Crippen molar-refractivity contribution in [3.05, 3.63) is 82.0 Å². The minimum absolute atomic E-state index is 0.160. The van der Waals surface area contributed by atoms with Crippen molar-refractivity contribution in [2.75, 3.05) is 32.9 Å². The average molecular weight is 681 g/mol. The number of hydrogen-bond acceptors (Lipinski definition) is 6. The predicted octanol–water partition coefficient (Wildman–Crippen LogP) is 8.28. The number of thiophene rings is 1. The number of hydrogen-bond donors (Lipinski definition) is 0. The van der Waals surface area contributed by atoms with Crippen molar-refractivity contribution in [3.63, 3.8) is 0 Å². The summed E-state index contributed by atoms with van der Waals surface area (Å²) in [7, 11) is 0. The highest BCUT2D eigenvalue weighted by Gasteiger charge is 2.26. The largest absolute Gasteiger partial charge is 0.492 e. The Morgan fingerprint density at radius 3 is 2.38 bits per heavy atom. The molecule has 1 aliphatic rings. The topological polar surface area (TPSA) is 48.0 Å². The smallest absolute Gasteiger partial charge is 0.207 e. The van der Waals surface area contributed by atoms with Crippen LogP contribution in [0.5, 0.6) is 23.0 Å². The summed E-state index contributed by atoms with van der Waals surface area (Å²) < 4.78 is 45.3. The lowest BCUT2D eigenvalue weighted by atomic mass is 9.97. The van der Waals surface area contributed by atoms with E-state index in [1.807, 2.05) is 30.3 Å². The summed E-state index contributed by atoms with van der Waals surface area (Å²) >= 11 is 3.50. The number of likely N-dealkylation sites (tertiary alicyclic amines) is 1. The molecule has 4 aromatic rings. The van der Waals surface area contributed by atoms with E-state index in [1.54, 1.807) is 26.0 Å². The zero-order valence-corrected chi connectivity index (χ0v) is 25.4. The first-order valence-corrected chi connectivity index (χ1v) is 17.3. The van der Waals surface area contributed by atoms with Gasteiger partial charge in [0.05, 0.1) is 6.67 Å². The number of carbonyl (C=O) groups is 1. The fourth-order valence-corrected chi connectivity index (χ4v) is 6.85. The summed E-state index contributed by atoms with van der Waals surface area (Å²) in [5.74, 6) is 2.03. The number of fused-ring (bicyclic) bond motifs is 1. The van der Waals surface area contributed by atoms with Crippen LogP contribution < -0.4 is 14.0 Å². The van der Waals surface area contributed by atoms with Crippen LogP contribution in [0.1, 0.15) is 26.4 Å². The molecule has 5 nitrogen and oxygen atoms in total. The number of alkyl halides is 1. The lowest BCUT2D eigenvalue weighted by molar-refractivity contribution is 0.0668. The number of carbonyl (C=O) groups excluding carboxylic acids is 1. The van der Waals surface area contributed by atoms with E-state index in [0.717, 1.165) is 35.5 Å². The third kappa shape index (κ3) is 6.37. The summed E-state index contributed by atoms with van der Waals surface area (Å²) in [5.41, 5.74) is 1.63. The minimum Gasteiger partial charge on any atom is -0.492 e. The number of nitrogens with zero attached hydrogens (tertiary/aromatic N) is 1. The second-order valence-electron chi connectivity index (χ2n) is 9.54. The summed E-state index contributed by atoms with van der Waals surface area (Å²) in [4.78, 5) is 16.4. The molecule has 1 saturated heterocycles. The number of benzene rings is 3. The van der Waals surface area contributed by atoms with Crippen LogP contribution in [0.25, 0.3) is 10.1 Å². The van der Waals surface area contributed by atoms with Gasteiger partial charge in [-0.15, -0.1) is 11.3 Å². The Morgan fingerprint density at radius 2 is 1.72 bits per heavy atom. The van der Waals surface area contributed by atoms with E-state index < -0.39 is 0 Å². The highest BCUT2D eigenvalue weighted by Crippen LogP contribution is 2.44. The van der Waals surface area contributed by atoms with E-state index >= 15 is 0 Å². The van der Waals surface area contributed by atoms with Crippen LogP contribution in [0.4, 0.5) is 8.78 Å². The quantitative estimate of drug-likeness (QED) is 0.0907. The monoisotopic (exact) mass is 681 g/mol. The lowest BCUT2D eigenvalue weighted by Crippen LogP contribution is -2.49. The van der Waals surface area contributed by atoms with Crippen LogP contribution in [0.2, 0.25) is 0 Å². The zero-order chi connectivity index (χ0) is 27.5. The van der Waals surface area contributed by atoms with E-state index in [2.05, 4.69) is 26.9 Å². The molecule has 0 N–H and O–H groups in total. The van der Waals surface area contributed by atoms with E-state index in [9.17, 15) is 13.6 Å². The number of ketones is 1. The molecule has 10 heteroatoms. The standard InChI is InChI=1S/C29H27F2INO4PS/c1-17-11-20(31)12-18(2)26(17)27(34)29-28(24-8-7-23(37-38-32)13-25(24)39-29)36-22-5-3-21(4-6-22)35-10-9-33-15-19(14-30)16-33/h3-8,11-13,19,38H,9-10,14-16H2,1-2H3. The van der Waals surface area contributed by atoms with Crippen LogP contribution in [-0.2, 0) is 0 Å². The Kier molecular flexibility index (Phi) is 9.01. The molecule has 1 fully saturated rings. The van der Waals surface area contributed by atoms with E-state index in [1.165, 1.54) is 23.5 Å². The highest BCUT2D eigenvalue weighted by atomic mass is 127. The lowest BCUT2D eigenvalue weighted by Gasteiger charge is -2.37. The Balaban J connectivity index is 1.39. The van der Waals surface area contributed by atoms with Gasteiger partial charge >= 0.3 is 0 Å². The summed E-state index contributed by atoms with van der Waals surface area (Å²) in [5, 5.41) is 0.798. The van der Waals surface area contributed by atoms with Gasteiger partial charge in [-0.2, -0.15) is 0 Å². The molecule has 0 saturated carbocycles. The van der Waals surface area contributed by atoms with Crippen LogP contribution in [-0.4, -0.2) is 43.6 Å². The van der Waals surface area contributed by atoms with E-state index in [0.29, 0.717) is 45.4 Å². The molecule has 204 valence electrons. The zero-order valence-electron chi connectivity index (χ0n) is 21.4. The Labute approximate surface area is 244 Å². The van der Waals surface area contributed by atoms with Gasteiger partial charge in [-0.25, -0.2) is 4.39 Å². The fourth-order valence-electron chi connectivity index (χ4n) is 4.77. The average Bonchev–Trinajstić information content (AvgIpc) is 3.23. The molecule has 1 aliphatic heterocycles. The maximum absolute atomic E-state index is 14.0. The molecule has 5 rings (SSSR count). The molecule has 0 bridgehead atoms. The van der Waals surface area contributed by atoms with Crippen LogP contribution in [0.15, 0.2) is 54.6 Å². The molecular formula is C29H27F2INO4PS. The van der Waals surface area contributed by atoms with Gasteiger partial charge in [0.15, 0.2) is 5.75 Å². The van der Waals surface area contributed by atoms with Crippen molar-refractivity contribution in [3.8, 4) is 23.0 Å². The van der Waals surface area contributed by atoms with Gasteiger partial charge in [0, 0.05) is 41.2 Å². The van der Waals surface area contributed by atoms with Gasteiger partial charge in [-0.1, -0.05) is 0 Å². The van der Waals surface area contributed by atoms with Crippen molar-refractivity contribution in [2.24, 2.45) is 5.92 Å². The second kappa shape index (κ2) is 12.5. The second-order valence-corrected chi connectivity index (χ2v) is 12.3. The van der Waals surface area contributed by atoms with Crippen LogP contribution in [0.3, 0.4) is 0 Å². The summed E-state index contributed by atoms with van der Waals surface area (Å²) in [6, 6.07) is 15.7. The summed E-state index contributed by atoms with van der Waals surface area (Å²) in [6.45, 7) is 6.33. The van der Waals surface area contributed by atoms with Gasteiger partial charge in [-0.05, 0) is 102 Å². The van der Waals surface area contributed by atoms with Crippen molar-refractivity contribution >= 4 is 55.7 Å².